The molecular formula is C70H139NaO7S. The van der Waals surface area contributed by atoms with E-state index < -0.39 is 43.6 Å². The zero-order chi connectivity index (χ0) is 57.7. The van der Waals surface area contributed by atoms with Crippen molar-refractivity contribution in [1.29, 1.82) is 0 Å². The normalized spacial score (nSPS) is 13.4. The van der Waals surface area contributed by atoms with Gasteiger partial charge in [0.25, 0.3) is 10.1 Å². The van der Waals surface area contributed by atoms with Gasteiger partial charge in [-0.3, -0.25) is 14.1 Å². The fraction of sp³-hybridized carbons (Fsp3) is 0.971. The van der Waals surface area contributed by atoms with Crippen LogP contribution >= 0.6 is 0 Å². The fourth-order valence-electron chi connectivity index (χ4n) is 14.1. The first-order valence-electron chi connectivity index (χ1n) is 35.3. The molecule has 79 heavy (non-hydrogen) atoms. The van der Waals surface area contributed by atoms with E-state index in [1.165, 1.54) is 161 Å². The van der Waals surface area contributed by atoms with Crippen LogP contribution < -0.4 is 29.6 Å². The molecule has 2 unspecified atom stereocenters. The summed E-state index contributed by atoms with van der Waals surface area (Å²) in [6, 6.07) is 0. The van der Waals surface area contributed by atoms with Crippen molar-refractivity contribution in [2.45, 2.75) is 419 Å². The molecule has 0 saturated carbocycles. The van der Waals surface area contributed by atoms with E-state index in [9.17, 15) is 14.8 Å². The molecule has 0 aromatic carbocycles. The molecular weight excluding hydrogens is 1010 g/mol. The van der Waals surface area contributed by atoms with Gasteiger partial charge in [0.2, 0.25) is 4.75 Å². The zero-order valence-electron chi connectivity index (χ0n) is 55.5. The second kappa shape index (κ2) is 55.7. The van der Waals surface area contributed by atoms with Gasteiger partial charge in [-0.1, -0.05) is 375 Å². The predicted octanol–water partition coefficient (Wildman–Crippen LogP) is 21.2. The van der Waals surface area contributed by atoms with E-state index in [0.717, 1.165) is 154 Å². The van der Waals surface area contributed by atoms with Crippen LogP contribution in [0.2, 0.25) is 0 Å². The molecule has 0 rings (SSSR count). The van der Waals surface area contributed by atoms with Crippen LogP contribution in [-0.2, 0) is 19.7 Å². The van der Waals surface area contributed by atoms with Crippen molar-refractivity contribution in [1.82, 2.24) is 0 Å². The first kappa shape index (κ1) is 80.9. The number of carboxylic acids is 2. The van der Waals surface area contributed by atoms with Crippen molar-refractivity contribution in [2.24, 2.45) is 16.7 Å². The van der Waals surface area contributed by atoms with Crippen LogP contribution in [0.4, 0.5) is 0 Å². The maximum atomic E-state index is 15.3. The minimum Gasteiger partial charge on any atom is -1.00 e. The average molecular weight is 1150 g/mol. The van der Waals surface area contributed by atoms with Crippen LogP contribution in [0.15, 0.2) is 0 Å². The standard InChI is InChI=1S/C70H138O7S.Na.H/c1-7-13-19-25-31-37-42-48-54-60-68(59-53-47-41-35-29-23-17-11-5,61-55-49-43-38-32-26-20-14-8-2)65(66(71)72)70(67(73)74,78(75,76)77)69(62-56-50-44-36-30-24-18-12-6,63-57-51-45-39-33-27-21-15-9-3)64-58-52-46-40-34-28-22-16-10-4;;/h65H,7-64H2,1-6H3,(H,71,72)(H,73,74)(H,75,76,77);;/q;+1;-1. The summed E-state index contributed by atoms with van der Waals surface area (Å²) < 4.78 is 40.2. The predicted molar refractivity (Wildman–Crippen MR) is 341 cm³/mol. The summed E-state index contributed by atoms with van der Waals surface area (Å²) in [7, 11) is -5.52. The topological polar surface area (TPSA) is 129 Å². The molecule has 0 bridgehead atoms. The van der Waals surface area contributed by atoms with Crippen molar-refractivity contribution in [2.75, 3.05) is 0 Å². The van der Waals surface area contributed by atoms with Crippen LogP contribution in [0.3, 0.4) is 0 Å². The number of carboxylic acid groups (broad SMARTS) is 2. The Morgan fingerprint density at radius 1 is 0.316 bits per heavy atom. The monoisotopic (exact) mass is 1150 g/mol. The molecule has 0 aliphatic carbocycles. The summed E-state index contributed by atoms with van der Waals surface area (Å²) >= 11 is 0. The maximum absolute atomic E-state index is 15.3. The van der Waals surface area contributed by atoms with Gasteiger partial charge in [0, 0.05) is 5.41 Å². The molecule has 0 aromatic rings. The van der Waals surface area contributed by atoms with Crippen LogP contribution in [-0.4, -0.2) is 39.9 Å². The Hall–Kier alpha value is -0.150. The molecule has 0 saturated heterocycles. The van der Waals surface area contributed by atoms with Crippen molar-refractivity contribution in [3.63, 3.8) is 0 Å². The van der Waals surface area contributed by atoms with Crippen LogP contribution in [0, 0.1) is 16.7 Å². The molecule has 7 nitrogen and oxygen atoms in total. The third kappa shape index (κ3) is 37.1. The van der Waals surface area contributed by atoms with Crippen LogP contribution in [0.1, 0.15) is 415 Å². The Morgan fingerprint density at radius 3 is 0.633 bits per heavy atom. The largest absolute Gasteiger partial charge is 1.00 e. The molecule has 9 heteroatoms. The Balaban J connectivity index is -0.0000296. The van der Waals surface area contributed by atoms with Crippen molar-refractivity contribution < 1.29 is 63.8 Å². The second-order valence-electron chi connectivity index (χ2n) is 25.7. The summed E-state index contributed by atoms with van der Waals surface area (Å²) in [6.45, 7) is 13.4. The van der Waals surface area contributed by atoms with Crippen LogP contribution in [0.25, 0.3) is 0 Å². The molecule has 0 heterocycles. The number of hydrogen-bond acceptors (Lipinski definition) is 4. The molecule has 3 N–H and O–H groups in total. The maximum Gasteiger partial charge on any atom is 1.00 e. The molecule has 0 aliphatic rings. The Labute approximate surface area is 517 Å². The van der Waals surface area contributed by atoms with Gasteiger partial charge >= 0.3 is 41.5 Å². The van der Waals surface area contributed by atoms with Gasteiger partial charge in [-0.15, -0.1) is 0 Å². The third-order valence-corrected chi connectivity index (χ3v) is 20.5. The van der Waals surface area contributed by atoms with E-state index in [4.69, 9.17) is 0 Å². The number of aliphatic carboxylic acids is 2. The van der Waals surface area contributed by atoms with Gasteiger partial charge < -0.3 is 11.6 Å². The average Bonchev–Trinajstić information content (AvgIpc) is 3.60. The molecule has 0 fully saturated rings. The molecule has 2 atom stereocenters. The van der Waals surface area contributed by atoms with Crippen LogP contribution in [0.5, 0.6) is 0 Å². The van der Waals surface area contributed by atoms with Gasteiger partial charge in [-0.2, -0.15) is 8.42 Å². The number of unbranched alkanes of at least 4 members (excludes halogenated alkanes) is 46. The second-order valence-corrected chi connectivity index (χ2v) is 27.3. The number of rotatable bonds is 64. The summed E-state index contributed by atoms with van der Waals surface area (Å²) in [4.78, 5) is 30.3. The van der Waals surface area contributed by atoms with Gasteiger partial charge in [0.05, 0.1) is 5.92 Å². The Kier molecular flexibility index (Phi) is 57.1. The summed E-state index contributed by atoms with van der Waals surface area (Å²) in [6.07, 6.45) is 58.5. The minimum atomic E-state index is -5.52. The zero-order valence-corrected chi connectivity index (χ0v) is 57.3. The smallest absolute Gasteiger partial charge is 1.00 e. The van der Waals surface area contributed by atoms with Gasteiger partial charge in [0.1, 0.15) is 0 Å². The molecule has 0 amide bonds. The fourth-order valence-corrected chi connectivity index (χ4v) is 15.9. The quantitative estimate of drug-likeness (QED) is 0.0314. The van der Waals surface area contributed by atoms with Crippen molar-refractivity contribution in [3.05, 3.63) is 0 Å². The molecule has 0 radical (unpaired) electrons. The first-order valence-corrected chi connectivity index (χ1v) is 36.7. The van der Waals surface area contributed by atoms with Gasteiger partial charge in [-0.25, -0.2) is 0 Å². The number of hydrogen-bond donors (Lipinski definition) is 3. The van der Waals surface area contributed by atoms with Crippen molar-refractivity contribution in [3.8, 4) is 0 Å². The third-order valence-electron chi connectivity index (χ3n) is 18.9. The first-order chi connectivity index (χ1) is 37.9. The van der Waals surface area contributed by atoms with E-state index in [1.54, 1.807) is 0 Å². The Morgan fingerprint density at radius 2 is 0.481 bits per heavy atom. The molecule has 0 aromatic heterocycles. The Bertz CT molecular complexity index is 1400. The molecule has 0 spiro atoms. The SMILES string of the molecule is CCCCCCCCCCCC(CCCCCCCCCC)(CCCCCCCCCCC)C(C(=O)O)C(C(=O)O)(C(CCCCCCCCCC)(CCCCCCCCCCC)CCCCCCCCCCC)S(=O)(=O)O.[H-].[Na+]. The van der Waals surface area contributed by atoms with Crippen molar-refractivity contribution >= 4 is 22.1 Å². The summed E-state index contributed by atoms with van der Waals surface area (Å²) in [5, 5.41) is 24.6. The van der Waals surface area contributed by atoms with E-state index in [-0.39, 0.29) is 31.0 Å². The number of carbonyl (C=O) groups is 2. The van der Waals surface area contributed by atoms with Gasteiger partial charge in [-0.05, 0) is 43.9 Å². The summed E-state index contributed by atoms with van der Waals surface area (Å²) in [5.41, 5.74) is -2.55. The van der Waals surface area contributed by atoms with E-state index in [0.29, 0.717) is 57.8 Å². The van der Waals surface area contributed by atoms with E-state index >= 15 is 18.0 Å². The minimum absolute atomic E-state index is 0. The van der Waals surface area contributed by atoms with E-state index in [1.807, 2.05) is 0 Å². The van der Waals surface area contributed by atoms with Gasteiger partial charge in [0.15, 0.2) is 0 Å². The van der Waals surface area contributed by atoms with E-state index in [2.05, 4.69) is 41.5 Å². The molecule has 0 aliphatic heterocycles. The summed E-state index contributed by atoms with van der Waals surface area (Å²) in [5.74, 6) is -4.69. The molecule has 468 valence electrons.